The zero-order chi connectivity index (χ0) is 14.4. The lowest BCUT2D eigenvalue weighted by Gasteiger charge is -2.22. The minimum absolute atomic E-state index is 0.0252. The molecule has 2 aliphatic rings. The second-order valence-corrected chi connectivity index (χ2v) is 5.59. The van der Waals surface area contributed by atoms with Gasteiger partial charge in [-0.15, -0.1) is 0 Å². The van der Waals surface area contributed by atoms with Gasteiger partial charge in [0.25, 0.3) is 0 Å². The molecule has 1 aromatic heterocycles. The molecule has 3 rings (SSSR count). The van der Waals surface area contributed by atoms with Crippen LogP contribution in [0.2, 0.25) is 0 Å². The van der Waals surface area contributed by atoms with Gasteiger partial charge >= 0.3 is 4.87 Å². The van der Waals surface area contributed by atoms with E-state index in [1.165, 1.54) is 4.57 Å². The van der Waals surface area contributed by atoms with Crippen LogP contribution < -0.4 is 15.9 Å². The topological polar surface area (TPSA) is 142 Å². The Hall–Kier alpha value is -1.46. The highest BCUT2D eigenvalue weighted by Gasteiger charge is 2.39. The van der Waals surface area contributed by atoms with E-state index in [9.17, 15) is 15.0 Å². The zero-order valence-electron chi connectivity index (χ0n) is 10.3. The SMILES string of the molecule is NC1=NC(O)c2sc(=O)n([C@@H]3O[C@H](CO)C[C@H]3O)c2N1. The van der Waals surface area contributed by atoms with Crippen LogP contribution in [0.25, 0.3) is 0 Å². The maximum absolute atomic E-state index is 12.1. The summed E-state index contributed by atoms with van der Waals surface area (Å²) in [6.07, 6.45) is -3.37. The number of aliphatic imine (C=N–C) groups is 1. The number of guanidine groups is 1. The molecule has 0 saturated carbocycles. The Bertz CT molecular complexity index is 611. The van der Waals surface area contributed by atoms with Gasteiger partial charge in [0.05, 0.1) is 12.7 Å². The first-order valence-corrected chi connectivity index (χ1v) is 6.81. The highest BCUT2D eigenvalue weighted by atomic mass is 32.1. The molecule has 0 bridgehead atoms. The minimum atomic E-state index is -1.21. The maximum Gasteiger partial charge on any atom is 0.311 e. The molecule has 0 aromatic carbocycles. The van der Waals surface area contributed by atoms with Crippen LogP contribution in [0.4, 0.5) is 5.82 Å². The van der Waals surface area contributed by atoms with Gasteiger partial charge in [0, 0.05) is 6.42 Å². The molecule has 110 valence electrons. The summed E-state index contributed by atoms with van der Waals surface area (Å²) in [5.74, 6) is 0.241. The average molecular weight is 302 g/mol. The number of hydrogen-bond acceptors (Lipinski definition) is 9. The van der Waals surface area contributed by atoms with Crippen LogP contribution in [-0.2, 0) is 4.74 Å². The van der Waals surface area contributed by atoms with Crippen molar-refractivity contribution in [2.24, 2.45) is 10.7 Å². The number of nitrogens with two attached hydrogens (primary N) is 1. The molecular weight excluding hydrogens is 288 g/mol. The van der Waals surface area contributed by atoms with E-state index in [2.05, 4.69) is 10.3 Å². The summed E-state index contributed by atoms with van der Waals surface area (Å²) in [6, 6.07) is 0. The lowest BCUT2D eigenvalue weighted by molar-refractivity contribution is -0.0505. The molecule has 1 aromatic rings. The van der Waals surface area contributed by atoms with E-state index in [1.54, 1.807) is 0 Å². The lowest BCUT2D eigenvalue weighted by Crippen LogP contribution is -2.33. The molecule has 3 heterocycles. The molecule has 6 N–H and O–H groups in total. The van der Waals surface area contributed by atoms with Crippen LogP contribution in [0.5, 0.6) is 0 Å². The van der Waals surface area contributed by atoms with Crippen molar-refractivity contribution in [3.8, 4) is 0 Å². The van der Waals surface area contributed by atoms with Crippen LogP contribution in [0, 0.1) is 0 Å². The molecule has 1 fully saturated rings. The number of aliphatic hydroxyl groups is 3. The van der Waals surface area contributed by atoms with Crippen LogP contribution in [0.3, 0.4) is 0 Å². The Kier molecular flexibility index (Phi) is 3.26. The van der Waals surface area contributed by atoms with Crippen molar-refractivity contribution in [1.29, 1.82) is 0 Å². The normalized spacial score (nSPS) is 32.6. The van der Waals surface area contributed by atoms with Crippen LogP contribution in [0.1, 0.15) is 23.8 Å². The van der Waals surface area contributed by atoms with Gasteiger partial charge in [-0.3, -0.25) is 9.36 Å². The molecular formula is C10H14N4O5S. The van der Waals surface area contributed by atoms with E-state index in [0.717, 1.165) is 11.3 Å². The number of ether oxygens (including phenoxy) is 1. The molecule has 10 heteroatoms. The number of rotatable bonds is 2. The van der Waals surface area contributed by atoms with E-state index in [0.29, 0.717) is 4.88 Å². The van der Waals surface area contributed by atoms with Gasteiger partial charge in [-0.25, -0.2) is 4.99 Å². The summed E-state index contributed by atoms with van der Waals surface area (Å²) >= 11 is 0.803. The molecule has 0 amide bonds. The van der Waals surface area contributed by atoms with E-state index >= 15 is 0 Å². The highest BCUT2D eigenvalue weighted by molar-refractivity contribution is 7.09. The average Bonchev–Trinajstić information content (AvgIpc) is 2.89. The molecule has 2 aliphatic heterocycles. The predicted molar refractivity (Wildman–Crippen MR) is 70.4 cm³/mol. The Balaban J connectivity index is 2.02. The molecule has 20 heavy (non-hydrogen) atoms. The number of aliphatic hydroxyl groups excluding tert-OH is 3. The molecule has 0 radical (unpaired) electrons. The molecule has 0 spiro atoms. The van der Waals surface area contributed by atoms with Crippen LogP contribution in [-0.4, -0.2) is 44.7 Å². The number of nitrogens with zero attached hydrogens (tertiary/aromatic N) is 2. The second-order valence-electron chi connectivity index (χ2n) is 4.60. The van der Waals surface area contributed by atoms with Crippen molar-refractivity contribution in [2.45, 2.75) is 31.1 Å². The van der Waals surface area contributed by atoms with Gasteiger partial charge in [0.2, 0.25) is 0 Å². The van der Waals surface area contributed by atoms with Crippen LogP contribution in [0.15, 0.2) is 9.79 Å². The first-order chi connectivity index (χ1) is 9.51. The Morgan fingerprint density at radius 3 is 2.95 bits per heavy atom. The van der Waals surface area contributed by atoms with E-state index < -0.39 is 29.5 Å². The van der Waals surface area contributed by atoms with Crippen molar-refractivity contribution >= 4 is 23.1 Å². The van der Waals surface area contributed by atoms with Gasteiger partial charge in [-0.05, 0) is 0 Å². The van der Waals surface area contributed by atoms with E-state index in [-0.39, 0.29) is 24.8 Å². The van der Waals surface area contributed by atoms with Gasteiger partial charge in [-0.2, -0.15) is 0 Å². The Labute approximate surface area is 116 Å². The maximum atomic E-state index is 12.1. The predicted octanol–water partition coefficient (Wildman–Crippen LogP) is -1.72. The molecule has 1 saturated heterocycles. The minimum Gasteiger partial charge on any atom is -0.394 e. The third-order valence-electron chi connectivity index (χ3n) is 3.23. The molecule has 4 atom stereocenters. The first kappa shape index (κ1) is 13.5. The third-order valence-corrected chi connectivity index (χ3v) is 4.23. The summed E-state index contributed by atoms with van der Waals surface area (Å²) in [6.45, 7) is -0.242. The molecule has 9 nitrogen and oxygen atoms in total. The lowest BCUT2D eigenvalue weighted by atomic mass is 10.2. The summed E-state index contributed by atoms with van der Waals surface area (Å²) in [7, 11) is 0. The number of anilines is 1. The van der Waals surface area contributed by atoms with Gasteiger partial charge in [0.15, 0.2) is 18.4 Å². The highest BCUT2D eigenvalue weighted by Crippen LogP contribution is 2.36. The summed E-state index contributed by atoms with van der Waals surface area (Å²) in [5.41, 5.74) is 5.53. The largest absolute Gasteiger partial charge is 0.394 e. The fourth-order valence-corrected chi connectivity index (χ4v) is 3.24. The quantitative estimate of drug-likeness (QED) is 0.437. The summed E-state index contributed by atoms with van der Waals surface area (Å²) in [4.78, 5) is 15.7. The zero-order valence-corrected chi connectivity index (χ0v) is 11.1. The molecule has 1 unspecified atom stereocenters. The number of hydrogen-bond donors (Lipinski definition) is 5. The standard InChI is InChI=1S/C10H14N4O5S/c11-9-12-6-5(7(17)13-9)20-10(18)14(6)8-4(16)1-3(2-15)19-8/h3-4,7-8,15-17H,1-2H2,(H3,11,12,13)/t3-,4+,7?,8+/m0/s1. The molecule has 0 aliphatic carbocycles. The number of fused-ring (bicyclic) bond motifs is 1. The van der Waals surface area contributed by atoms with Crippen molar-refractivity contribution in [3.63, 3.8) is 0 Å². The van der Waals surface area contributed by atoms with Crippen molar-refractivity contribution < 1.29 is 20.1 Å². The van der Waals surface area contributed by atoms with Crippen molar-refractivity contribution in [1.82, 2.24) is 4.57 Å². The Morgan fingerprint density at radius 1 is 1.55 bits per heavy atom. The summed E-state index contributed by atoms with van der Waals surface area (Å²) in [5, 5.41) is 31.5. The number of thiazole rings is 1. The third kappa shape index (κ3) is 2.01. The van der Waals surface area contributed by atoms with Gasteiger partial charge < -0.3 is 31.1 Å². The fourth-order valence-electron chi connectivity index (χ4n) is 2.35. The van der Waals surface area contributed by atoms with Crippen LogP contribution >= 0.6 is 11.3 Å². The Morgan fingerprint density at radius 2 is 2.30 bits per heavy atom. The van der Waals surface area contributed by atoms with E-state index in [1.807, 2.05) is 0 Å². The van der Waals surface area contributed by atoms with Gasteiger partial charge in [-0.1, -0.05) is 11.3 Å². The first-order valence-electron chi connectivity index (χ1n) is 5.99. The number of nitrogens with one attached hydrogen (secondary N) is 1. The second kappa shape index (κ2) is 4.82. The summed E-state index contributed by atoms with van der Waals surface area (Å²) < 4.78 is 6.65. The van der Waals surface area contributed by atoms with Crippen molar-refractivity contribution in [2.75, 3.05) is 11.9 Å². The van der Waals surface area contributed by atoms with Gasteiger partial charge in [0.1, 0.15) is 16.8 Å². The number of aromatic nitrogens is 1. The fraction of sp³-hybridized carbons (Fsp3) is 0.600. The van der Waals surface area contributed by atoms with E-state index in [4.69, 9.17) is 15.6 Å². The van der Waals surface area contributed by atoms with Crippen molar-refractivity contribution in [3.05, 3.63) is 14.5 Å². The monoisotopic (exact) mass is 302 g/mol. The smallest absolute Gasteiger partial charge is 0.311 e.